The van der Waals surface area contributed by atoms with Crippen molar-refractivity contribution in [3.8, 4) is 0 Å². The van der Waals surface area contributed by atoms with E-state index in [-0.39, 0.29) is 11.8 Å². The molecule has 0 bridgehead atoms. The Morgan fingerprint density at radius 3 is 2.76 bits per heavy atom. The number of carbonyl (C=O) groups is 1. The molecule has 1 amide bonds. The van der Waals surface area contributed by atoms with Gasteiger partial charge in [0.2, 0.25) is 0 Å². The van der Waals surface area contributed by atoms with Gasteiger partial charge in [-0.05, 0) is 12.5 Å². The molecule has 0 saturated carbocycles. The van der Waals surface area contributed by atoms with E-state index in [9.17, 15) is 4.79 Å². The molecule has 1 aromatic heterocycles. The third-order valence-corrected chi connectivity index (χ3v) is 2.89. The number of aromatic nitrogens is 2. The second-order valence-corrected chi connectivity index (χ2v) is 4.39. The van der Waals surface area contributed by atoms with Gasteiger partial charge in [-0.1, -0.05) is 30.3 Å². The van der Waals surface area contributed by atoms with Crippen molar-refractivity contribution in [1.29, 1.82) is 0 Å². The molecule has 3 N–H and O–H groups in total. The van der Waals surface area contributed by atoms with Crippen molar-refractivity contribution in [3.63, 3.8) is 0 Å². The Bertz CT molecular complexity index is 589. The van der Waals surface area contributed by atoms with Gasteiger partial charge >= 0.3 is 0 Å². The van der Waals surface area contributed by atoms with Gasteiger partial charge in [-0.15, -0.1) is 0 Å². The zero-order valence-corrected chi connectivity index (χ0v) is 11.8. The summed E-state index contributed by atoms with van der Waals surface area (Å²) in [6.07, 6.45) is 2.78. The van der Waals surface area contributed by atoms with E-state index in [4.69, 9.17) is 10.5 Å². The summed E-state index contributed by atoms with van der Waals surface area (Å²) >= 11 is 0. The molecule has 1 unspecified atom stereocenters. The predicted octanol–water partition coefficient (Wildman–Crippen LogP) is 1.77. The molecule has 0 spiro atoms. The van der Waals surface area contributed by atoms with E-state index in [1.54, 1.807) is 6.20 Å². The smallest absolute Gasteiger partial charge is 0.268 e. The second kappa shape index (κ2) is 7.35. The third-order valence-electron chi connectivity index (χ3n) is 2.89. The zero-order chi connectivity index (χ0) is 15.1. The number of carbonyl (C=O) groups excluding carboxylic acids is 1. The maximum absolute atomic E-state index is 11.1. The van der Waals surface area contributed by atoms with E-state index in [2.05, 4.69) is 15.3 Å². The average Bonchev–Trinajstić information content (AvgIpc) is 2.52. The molecule has 0 aliphatic heterocycles. The van der Waals surface area contributed by atoms with Crippen molar-refractivity contribution in [1.82, 2.24) is 9.97 Å². The number of nitrogens with zero attached hydrogens (tertiary/aromatic N) is 2. The number of anilines is 1. The minimum Gasteiger partial charge on any atom is -0.372 e. The number of benzene rings is 1. The van der Waals surface area contributed by atoms with E-state index in [0.717, 1.165) is 5.56 Å². The maximum Gasteiger partial charge on any atom is 0.268 e. The Kier molecular flexibility index (Phi) is 5.22. The summed E-state index contributed by atoms with van der Waals surface area (Å²) in [5.74, 6) is -0.109. The molecule has 0 aliphatic carbocycles. The van der Waals surface area contributed by atoms with Crippen LogP contribution >= 0.6 is 0 Å². The first-order valence-electron chi connectivity index (χ1n) is 6.73. The summed E-state index contributed by atoms with van der Waals surface area (Å²) in [5.41, 5.74) is 6.39. The lowest BCUT2D eigenvalue weighted by Crippen LogP contribution is -2.18. The van der Waals surface area contributed by atoms with Gasteiger partial charge in [-0.2, -0.15) is 0 Å². The van der Waals surface area contributed by atoms with Crippen LogP contribution in [0.3, 0.4) is 0 Å². The van der Waals surface area contributed by atoms with Gasteiger partial charge in [0.05, 0.1) is 18.5 Å². The standard InChI is InChI=1S/C15H18N4O2/c1-2-21-13(11-6-4-3-5-7-11)9-18-14-10-17-8-12(19-14)15(16)20/h3-8,10,13H,2,9H2,1H3,(H2,16,20)(H,18,19). The van der Waals surface area contributed by atoms with Crippen molar-refractivity contribution in [2.75, 3.05) is 18.5 Å². The van der Waals surface area contributed by atoms with Crippen LogP contribution in [0, 0.1) is 0 Å². The molecular formula is C15H18N4O2. The number of nitrogens with one attached hydrogen (secondary N) is 1. The highest BCUT2D eigenvalue weighted by Crippen LogP contribution is 2.17. The molecular weight excluding hydrogens is 268 g/mol. The number of nitrogens with two attached hydrogens (primary N) is 1. The molecule has 0 radical (unpaired) electrons. The van der Waals surface area contributed by atoms with Crippen molar-refractivity contribution >= 4 is 11.7 Å². The fraction of sp³-hybridized carbons (Fsp3) is 0.267. The summed E-state index contributed by atoms with van der Waals surface area (Å²) in [7, 11) is 0. The van der Waals surface area contributed by atoms with Crippen molar-refractivity contribution in [3.05, 3.63) is 54.0 Å². The lowest BCUT2D eigenvalue weighted by molar-refractivity contribution is 0.0718. The monoisotopic (exact) mass is 286 g/mol. The minimum absolute atomic E-state index is 0.102. The molecule has 1 aromatic carbocycles. The molecule has 1 atom stereocenters. The summed E-state index contributed by atoms with van der Waals surface area (Å²) < 4.78 is 5.73. The van der Waals surface area contributed by atoms with Gasteiger partial charge in [0, 0.05) is 13.2 Å². The molecule has 6 heteroatoms. The van der Waals surface area contributed by atoms with Crippen molar-refractivity contribution < 1.29 is 9.53 Å². The SMILES string of the molecule is CCOC(CNc1cncc(C(N)=O)n1)c1ccccc1. The first-order valence-corrected chi connectivity index (χ1v) is 6.73. The van der Waals surface area contributed by atoms with Gasteiger partial charge in [0.15, 0.2) is 0 Å². The predicted molar refractivity (Wildman–Crippen MR) is 79.8 cm³/mol. The van der Waals surface area contributed by atoms with Crippen LogP contribution in [0.4, 0.5) is 5.82 Å². The lowest BCUT2D eigenvalue weighted by Gasteiger charge is -2.18. The van der Waals surface area contributed by atoms with E-state index >= 15 is 0 Å². The van der Waals surface area contributed by atoms with E-state index in [1.807, 2.05) is 37.3 Å². The zero-order valence-electron chi connectivity index (χ0n) is 11.8. The van der Waals surface area contributed by atoms with Crippen molar-refractivity contribution in [2.24, 2.45) is 5.73 Å². The Hall–Kier alpha value is -2.47. The number of primary amides is 1. The van der Waals surface area contributed by atoms with E-state index in [1.165, 1.54) is 6.20 Å². The summed E-state index contributed by atoms with van der Waals surface area (Å²) in [6.45, 7) is 3.08. The van der Waals surface area contributed by atoms with Crippen LogP contribution < -0.4 is 11.1 Å². The maximum atomic E-state index is 11.1. The molecule has 0 fully saturated rings. The highest BCUT2D eigenvalue weighted by molar-refractivity contribution is 5.90. The van der Waals surface area contributed by atoms with Gasteiger partial charge < -0.3 is 15.8 Å². The number of rotatable bonds is 7. The van der Waals surface area contributed by atoms with Crippen LogP contribution in [0.15, 0.2) is 42.7 Å². The second-order valence-electron chi connectivity index (χ2n) is 4.39. The molecule has 21 heavy (non-hydrogen) atoms. The number of amides is 1. The van der Waals surface area contributed by atoms with Crippen LogP contribution in [0.25, 0.3) is 0 Å². The highest BCUT2D eigenvalue weighted by atomic mass is 16.5. The van der Waals surface area contributed by atoms with Crippen molar-refractivity contribution in [2.45, 2.75) is 13.0 Å². The van der Waals surface area contributed by atoms with Crippen LogP contribution in [-0.2, 0) is 4.74 Å². The van der Waals surface area contributed by atoms with E-state index in [0.29, 0.717) is 19.0 Å². The Morgan fingerprint density at radius 2 is 2.10 bits per heavy atom. The molecule has 110 valence electrons. The minimum atomic E-state index is -0.601. The quantitative estimate of drug-likeness (QED) is 0.809. The number of hydrogen-bond donors (Lipinski definition) is 2. The largest absolute Gasteiger partial charge is 0.372 e. The molecule has 2 aromatic rings. The Balaban J connectivity index is 2.05. The van der Waals surface area contributed by atoms with E-state index < -0.39 is 5.91 Å². The average molecular weight is 286 g/mol. The van der Waals surface area contributed by atoms with Crippen LogP contribution in [0.5, 0.6) is 0 Å². The number of hydrogen-bond acceptors (Lipinski definition) is 5. The summed E-state index contributed by atoms with van der Waals surface area (Å²) in [6, 6.07) is 9.91. The topological polar surface area (TPSA) is 90.1 Å². The first kappa shape index (κ1) is 14.9. The molecule has 1 heterocycles. The fourth-order valence-corrected chi connectivity index (χ4v) is 1.91. The normalized spacial score (nSPS) is 11.9. The summed E-state index contributed by atoms with van der Waals surface area (Å²) in [5, 5.41) is 3.12. The Morgan fingerprint density at radius 1 is 1.33 bits per heavy atom. The molecule has 2 rings (SSSR count). The molecule has 0 aliphatic rings. The number of ether oxygens (including phenoxy) is 1. The lowest BCUT2D eigenvalue weighted by atomic mass is 10.1. The molecule has 0 saturated heterocycles. The van der Waals surface area contributed by atoms with Crippen LogP contribution in [-0.4, -0.2) is 29.0 Å². The van der Waals surface area contributed by atoms with Crippen LogP contribution in [0.2, 0.25) is 0 Å². The van der Waals surface area contributed by atoms with Crippen LogP contribution in [0.1, 0.15) is 29.1 Å². The molecule has 6 nitrogen and oxygen atoms in total. The first-order chi connectivity index (χ1) is 10.2. The Labute approximate surface area is 123 Å². The van der Waals surface area contributed by atoms with Gasteiger partial charge in [-0.3, -0.25) is 9.78 Å². The van der Waals surface area contributed by atoms with Gasteiger partial charge in [0.25, 0.3) is 5.91 Å². The summed E-state index contributed by atoms with van der Waals surface area (Å²) in [4.78, 5) is 19.1. The fourth-order valence-electron chi connectivity index (χ4n) is 1.91. The van der Waals surface area contributed by atoms with Gasteiger partial charge in [0.1, 0.15) is 11.5 Å². The van der Waals surface area contributed by atoms with Gasteiger partial charge in [-0.25, -0.2) is 4.98 Å². The highest BCUT2D eigenvalue weighted by Gasteiger charge is 2.12. The third kappa shape index (κ3) is 4.25.